The Morgan fingerprint density at radius 1 is 0.957 bits per heavy atom. The predicted molar refractivity (Wildman–Crippen MR) is 86.5 cm³/mol. The first-order valence-corrected chi connectivity index (χ1v) is 9.11. The standard InChI is InChI=1S/C17H19NO4S/c19-18-11-9-16(10-12-18)23(20,21)17-8-4-7-15(13-17)22-14-5-2-1-3-6-14/h1-8,13,16,19H,9-12H2. The lowest BCUT2D eigenvalue weighted by atomic mass is 10.2. The molecular weight excluding hydrogens is 314 g/mol. The lowest BCUT2D eigenvalue weighted by Crippen LogP contribution is -2.37. The monoisotopic (exact) mass is 333 g/mol. The van der Waals surface area contributed by atoms with Gasteiger partial charge in [-0.15, -0.1) is 0 Å². The van der Waals surface area contributed by atoms with Gasteiger partial charge in [-0.2, -0.15) is 5.06 Å². The van der Waals surface area contributed by atoms with Gasteiger partial charge >= 0.3 is 0 Å². The Morgan fingerprint density at radius 2 is 1.61 bits per heavy atom. The first-order valence-electron chi connectivity index (χ1n) is 7.56. The minimum Gasteiger partial charge on any atom is -0.457 e. The van der Waals surface area contributed by atoms with E-state index in [9.17, 15) is 13.6 Å². The number of nitrogens with zero attached hydrogens (tertiary/aromatic N) is 1. The molecule has 1 aliphatic heterocycles. The highest BCUT2D eigenvalue weighted by atomic mass is 32.2. The van der Waals surface area contributed by atoms with Crippen LogP contribution in [-0.4, -0.2) is 37.0 Å². The van der Waals surface area contributed by atoms with Gasteiger partial charge in [0.05, 0.1) is 10.1 Å². The maximum absolute atomic E-state index is 12.7. The van der Waals surface area contributed by atoms with Gasteiger partial charge < -0.3 is 9.94 Å². The van der Waals surface area contributed by atoms with E-state index in [4.69, 9.17) is 4.74 Å². The summed E-state index contributed by atoms with van der Waals surface area (Å²) in [5.74, 6) is 1.16. The van der Waals surface area contributed by atoms with E-state index in [2.05, 4.69) is 0 Å². The maximum atomic E-state index is 12.7. The Morgan fingerprint density at radius 3 is 2.30 bits per heavy atom. The fraction of sp³-hybridized carbons (Fsp3) is 0.294. The van der Waals surface area contributed by atoms with Crippen LogP contribution in [0.15, 0.2) is 59.5 Å². The fourth-order valence-electron chi connectivity index (χ4n) is 2.68. The molecule has 0 bridgehead atoms. The Hall–Kier alpha value is -1.89. The van der Waals surface area contributed by atoms with Crippen molar-refractivity contribution in [1.82, 2.24) is 5.06 Å². The van der Waals surface area contributed by atoms with Crippen LogP contribution in [0.5, 0.6) is 11.5 Å². The van der Waals surface area contributed by atoms with E-state index in [-0.39, 0.29) is 4.90 Å². The summed E-state index contributed by atoms with van der Waals surface area (Å²) in [5, 5.41) is 10.1. The van der Waals surface area contributed by atoms with Crippen molar-refractivity contribution >= 4 is 9.84 Å². The molecule has 0 amide bonds. The van der Waals surface area contributed by atoms with Crippen LogP contribution in [0.2, 0.25) is 0 Å². The van der Waals surface area contributed by atoms with Crippen LogP contribution in [0.3, 0.4) is 0 Å². The molecule has 1 fully saturated rings. The van der Waals surface area contributed by atoms with Crippen molar-refractivity contribution in [2.45, 2.75) is 23.0 Å². The highest BCUT2D eigenvalue weighted by molar-refractivity contribution is 7.92. The number of sulfone groups is 1. The van der Waals surface area contributed by atoms with Crippen LogP contribution in [0.4, 0.5) is 0 Å². The predicted octanol–water partition coefficient (Wildman–Crippen LogP) is 3.11. The molecule has 5 nitrogen and oxygen atoms in total. The van der Waals surface area contributed by atoms with Crippen molar-refractivity contribution in [3.63, 3.8) is 0 Å². The van der Waals surface area contributed by atoms with Gasteiger partial charge in [0.25, 0.3) is 0 Å². The minimum atomic E-state index is -3.42. The number of hydrogen-bond donors (Lipinski definition) is 1. The second kappa shape index (κ2) is 6.70. The van der Waals surface area contributed by atoms with Gasteiger partial charge in [-0.3, -0.25) is 0 Å². The molecule has 2 aromatic carbocycles. The summed E-state index contributed by atoms with van der Waals surface area (Å²) >= 11 is 0. The van der Waals surface area contributed by atoms with Crippen LogP contribution in [0, 0.1) is 0 Å². The summed E-state index contributed by atoms with van der Waals surface area (Å²) < 4.78 is 31.2. The van der Waals surface area contributed by atoms with Crippen molar-refractivity contribution < 1.29 is 18.4 Å². The molecule has 1 heterocycles. The number of piperidine rings is 1. The van der Waals surface area contributed by atoms with Gasteiger partial charge in [0.1, 0.15) is 11.5 Å². The first kappa shape index (κ1) is 16.0. The molecule has 1 saturated heterocycles. The highest BCUT2D eigenvalue weighted by Gasteiger charge is 2.31. The molecule has 0 radical (unpaired) electrons. The average Bonchev–Trinajstić information content (AvgIpc) is 2.56. The number of ether oxygens (including phenoxy) is 1. The van der Waals surface area contributed by atoms with Gasteiger partial charge in [0, 0.05) is 13.1 Å². The molecule has 6 heteroatoms. The Labute approximate surface area is 136 Å². The number of hydroxylamine groups is 2. The van der Waals surface area contributed by atoms with Crippen molar-refractivity contribution in [2.24, 2.45) is 0 Å². The second-order valence-corrected chi connectivity index (χ2v) is 7.82. The molecule has 0 saturated carbocycles. The molecule has 2 aromatic rings. The van der Waals surface area contributed by atoms with E-state index in [0.29, 0.717) is 37.4 Å². The summed E-state index contributed by atoms with van der Waals surface area (Å²) in [4.78, 5) is 0.266. The molecular formula is C17H19NO4S. The molecule has 0 spiro atoms. The first-order chi connectivity index (χ1) is 11.1. The van der Waals surface area contributed by atoms with Crippen LogP contribution in [0.25, 0.3) is 0 Å². The van der Waals surface area contributed by atoms with E-state index in [0.717, 1.165) is 0 Å². The molecule has 1 N–H and O–H groups in total. The van der Waals surface area contributed by atoms with E-state index in [1.54, 1.807) is 24.3 Å². The molecule has 23 heavy (non-hydrogen) atoms. The van der Waals surface area contributed by atoms with E-state index >= 15 is 0 Å². The van der Waals surface area contributed by atoms with Crippen molar-refractivity contribution in [3.8, 4) is 11.5 Å². The number of rotatable bonds is 4. The maximum Gasteiger partial charge on any atom is 0.181 e. The Bertz CT molecular complexity index is 753. The van der Waals surface area contributed by atoms with Crippen LogP contribution in [-0.2, 0) is 9.84 Å². The third-order valence-corrected chi connectivity index (χ3v) is 6.23. The molecule has 0 unspecified atom stereocenters. The van der Waals surface area contributed by atoms with Gasteiger partial charge in [-0.05, 0) is 43.2 Å². The summed E-state index contributed by atoms with van der Waals surface area (Å²) in [6.45, 7) is 0.758. The fourth-order valence-corrected chi connectivity index (χ4v) is 4.45. The van der Waals surface area contributed by atoms with Crippen molar-refractivity contribution in [3.05, 3.63) is 54.6 Å². The van der Waals surface area contributed by atoms with Gasteiger partial charge in [0.2, 0.25) is 0 Å². The Kier molecular flexibility index (Phi) is 4.66. The molecule has 1 aliphatic rings. The molecule has 0 atom stereocenters. The quantitative estimate of drug-likeness (QED) is 0.931. The van der Waals surface area contributed by atoms with Crippen LogP contribution >= 0.6 is 0 Å². The van der Waals surface area contributed by atoms with Gasteiger partial charge in [0.15, 0.2) is 9.84 Å². The van der Waals surface area contributed by atoms with Crippen LogP contribution in [0.1, 0.15) is 12.8 Å². The van der Waals surface area contributed by atoms with E-state index in [1.807, 2.05) is 30.3 Å². The van der Waals surface area contributed by atoms with Crippen LogP contribution < -0.4 is 4.74 Å². The second-order valence-electron chi connectivity index (χ2n) is 5.59. The highest BCUT2D eigenvalue weighted by Crippen LogP contribution is 2.28. The Balaban J connectivity index is 1.81. The summed E-state index contributed by atoms with van der Waals surface area (Å²) in [7, 11) is -3.42. The number of para-hydroxylation sites is 1. The molecule has 0 aliphatic carbocycles. The number of hydrogen-bond acceptors (Lipinski definition) is 5. The SMILES string of the molecule is O=S(=O)(c1cccc(Oc2ccccc2)c1)C1CCN(O)CC1. The smallest absolute Gasteiger partial charge is 0.181 e. The topological polar surface area (TPSA) is 66.8 Å². The molecule has 122 valence electrons. The molecule has 3 rings (SSSR count). The summed E-state index contributed by atoms with van der Waals surface area (Å²) in [5.41, 5.74) is 0. The average molecular weight is 333 g/mol. The third-order valence-electron chi connectivity index (χ3n) is 3.97. The largest absolute Gasteiger partial charge is 0.457 e. The van der Waals surface area contributed by atoms with Gasteiger partial charge in [-0.25, -0.2) is 8.42 Å². The normalized spacial score (nSPS) is 17.1. The van der Waals surface area contributed by atoms with Gasteiger partial charge in [-0.1, -0.05) is 24.3 Å². The summed E-state index contributed by atoms with van der Waals surface area (Å²) in [6, 6.07) is 15.8. The lowest BCUT2D eigenvalue weighted by molar-refractivity contribution is -0.102. The molecule has 0 aromatic heterocycles. The van der Waals surface area contributed by atoms with Crippen molar-refractivity contribution in [2.75, 3.05) is 13.1 Å². The lowest BCUT2D eigenvalue weighted by Gasteiger charge is -2.27. The zero-order valence-electron chi connectivity index (χ0n) is 12.6. The number of benzene rings is 2. The van der Waals surface area contributed by atoms with Crippen molar-refractivity contribution in [1.29, 1.82) is 0 Å². The zero-order valence-corrected chi connectivity index (χ0v) is 13.4. The minimum absolute atomic E-state index is 0.266. The van der Waals surface area contributed by atoms with E-state index in [1.165, 1.54) is 5.06 Å². The third kappa shape index (κ3) is 3.72. The summed E-state index contributed by atoms with van der Waals surface area (Å²) in [6.07, 6.45) is 0.866. The zero-order chi connectivity index (χ0) is 16.3. The van der Waals surface area contributed by atoms with E-state index < -0.39 is 15.1 Å².